The molecule has 20 heavy (non-hydrogen) atoms. The lowest BCUT2D eigenvalue weighted by Crippen LogP contribution is -2.43. The van der Waals surface area contributed by atoms with Crippen LogP contribution in [-0.4, -0.2) is 43.7 Å². The Labute approximate surface area is 121 Å². The highest BCUT2D eigenvalue weighted by molar-refractivity contribution is 5.75. The molecule has 1 heterocycles. The number of ether oxygens (including phenoxy) is 1. The zero-order chi connectivity index (χ0) is 14.2. The number of nitrogens with one attached hydrogen (secondary N) is 1. The van der Waals surface area contributed by atoms with E-state index in [-0.39, 0.29) is 11.9 Å². The second kappa shape index (κ2) is 8.02. The van der Waals surface area contributed by atoms with E-state index in [1.54, 1.807) is 0 Å². The van der Waals surface area contributed by atoms with Crippen molar-refractivity contribution in [1.29, 1.82) is 0 Å². The van der Waals surface area contributed by atoms with Gasteiger partial charge in [-0.2, -0.15) is 0 Å². The predicted octanol–water partition coefficient (Wildman–Crippen LogP) is 1.98. The third-order valence-corrected chi connectivity index (χ3v) is 3.64. The molecule has 1 amide bonds. The summed E-state index contributed by atoms with van der Waals surface area (Å²) in [5.41, 5.74) is 1.26. The fourth-order valence-electron chi connectivity index (χ4n) is 2.55. The molecule has 1 atom stereocenters. The zero-order valence-electron chi connectivity index (χ0n) is 12.2. The van der Waals surface area contributed by atoms with Gasteiger partial charge < -0.3 is 10.1 Å². The number of carbonyl (C=O) groups excluding carboxylic acids is 1. The molecule has 1 aliphatic heterocycles. The molecule has 1 aromatic rings. The van der Waals surface area contributed by atoms with Gasteiger partial charge >= 0.3 is 0 Å². The maximum atomic E-state index is 11.7. The summed E-state index contributed by atoms with van der Waals surface area (Å²) in [5, 5.41) is 3.06. The third kappa shape index (κ3) is 4.32. The smallest absolute Gasteiger partial charge is 0.220 e. The van der Waals surface area contributed by atoms with E-state index in [1.165, 1.54) is 5.56 Å². The van der Waals surface area contributed by atoms with Crippen LogP contribution in [0.15, 0.2) is 30.3 Å². The summed E-state index contributed by atoms with van der Waals surface area (Å²) in [6.07, 6.45) is 1.49. The van der Waals surface area contributed by atoms with Crippen LogP contribution in [0.2, 0.25) is 0 Å². The van der Waals surface area contributed by atoms with E-state index >= 15 is 0 Å². The van der Waals surface area contributed by atoms with Crippen molar-refractivity contribution in [3.8, 4) is 0 Å². The van der Waals surface area contributed by atoms with Gasteiger partial charge in [-0.05, 0) is 12.0 Å². The van der Waals surface area contributed by atoms with Gasteiger partial charge in [-0.3, -0.25) is 9.69 Å². The summed E-state index contributed by atoms with van der Waals surface area (Å²) in [6.45, 7) is 6.07. The number of nitrogens with zero attached hydrogens (tertiary/aromatic N) is 1. The number of amides is 1. The number of morpholine rings is 1. The highest BCUT2D eigenvalue weighted by Crippen LogP contribution is 2.21. The number of hydrogen-bond acceptors (Lipinski definition) is 3. The number of carbonyl (C=O) groups is 1. The summed E-state index contributed by atoms with van der Waals surface area (Å²) in [5.74, 6) is 0.140. The first-order valence-electron chi connectivity index (χ1n) is 7.44. The Balaban J connectivity index is 2.02. The molecule has 0 aliphatic carbocycles. The minimum Gasteiger partial charge on any atom is -0.379 e. The fraction of sp³-hybridized carbons (Fsp3) is 0.562. The molecule has 1 aromatic carbocycles. The molecule has 1 N–H and O–H groups in total. The van der Waals surface area contributed by atoms with Crippen molar-refractivity contribution in [3.63, 3.8) is 0 Å². The molecule has 1 aliphatic rings. The molecule has 0 aromatic heterocycles. The van der Waals surface area contributed by atoms with Gasteiger partial charge in [0, 0.05) is 26.1 Å². The largest absolute Gasteiger partial charge is 0.379 e. The van der Waals surface area contributed by atoms with Crippen molar-refractivity contribution in [2.24, 2.45) is 0 Å². The van der Waals surface area contributed by atoms with Gasteiger partial charge in [-0.1, -0.05) is 37.3 Å². The first-order chi connectivity index (χ1) is 9.81. The van der Waals surface area contributed by atoms with Gasteiger partial charge in [0.25, 0.3) is 0 Å². The Kier molecular flexibility index (Phi) is 6.02. The number of benzene rings is 1. The van der Waals surface area contributed by atoms with Crippen LogP contribution in [0.4, 0.5) is 0 Å². The van der Waals surface area contributed by atoms with Crippen LogP contribution in [0.1, 0.15) is 31.4 Å². The summed E-state index contributed by atoms with van der Waals surface area (Å²) >= 11 is 0. The van der Waals surface area contributed by atoms with Crippen molar-refractivity contribution in [2.75, 3.05) is 32.8 Å². The second-order valence-electron chi connectivity index (χ2n) is 5.13. The average molecular weight is 276 g/mol. The van der Waals surface area contributed by atoms with Gasteiger partial charge in [0.1, 0.15) is 0 Å². The minimum atomic E-state index is 0.140. The molecule has 4 nitrogen and oxygen atoms in total. The normalized spacial score (nSPS) is 17.6. The lowest BCUT2D eigenvalue weighted by atomic mass is 10.0. The Morgan fingerprint density at radius 3 is 2.65 bits per heavy atom. The Morgan fingerprint density at radius 2 is 2.00 bits per heavy atom. The van der Waals surface area contributed by atoms with Crippen LogP contribution in [0.5, 0.6) is 0 Å². The van der Waals surface area contributed by atoms with E-state index < -0.39 is 0 Å². The minimum absolute atomic E-state index is 0.140. The molecule has 1 fully saturated rings. The quantitative estimate of drug-likeness (QED) is 0.864. The van der Waals surface area contributed by atoms with Crippen LogP contribution in [0.3, 0.4) is 0 Å². The van der Waals surface area contributed by atoms with Gasteiger partial charge in [-0.15, -0.1) is 0 Å². The number of rotatable bonds is 6. The molecule has 0 radical (unpaired) electrons. The second-order valence-corrected chi connectivity index (χ2v) is 5.13. The van der Waals surface area contributed by atoms with E-state index in [4.69, 9.17) is 4.74 Å². The first kappa shape index (κ1) is 15.0. The van der Waals surface area contributed by atoms with Crippen LogP contribution >= 0.6 is 0 Å². The maximum absolute atomic E-state index is 11.7. The molecule has 0 bridgehead atoms. The van der Waals surface area contributed by atoms with Gasteiger partial charge in [-0.25, -0.2) is 0 Å². The van der Waals surface area contributed by atoms with Crippen molar-refractivity contribution in [2.45, 2.75) is 25.8 Å². The summed E-state index contributed by atoms with van der Waals surface area (Å²) in [7, 11) is 0. The Morgan fingerprint density at radius 1 is 1.30 bits per heavy atom. The fourth-order valence-corrected chi connectivity index (χ4v) is 2.55. The molecule has 4 heteroatoms. The summed E-state index contributed by atoms with van der Waals surface area (Å²) < 4.78 is 5.42. The van der Waals surface area contributed by atoms with Crippen LogP contribution in [0, 0.1) is 0 Å². The molecule has 110 valence electrons. The summed E-state index contributed by atoms with van der Waals surface area (Å²) in [4.78, 5) is 14.1. The van der Waals surface area contributed by atoms with Crippen LogP contribution < -0.4 is 5.32 Å². The van der Waals surface area contributed by atoms with Crippen molar-refractivity contribution in [1.82, 2.24) is 10.2 Å². The van der Waals surface area contributed by atoms with Gasteiger partial charge in [0.15, 0.2) is 0 Å². The topological polar surface area (TPSA) is 41.6 Å². The zero-order valence-corrected chi connectivity index (χ0v) is 12.2. The van der Waals surface area contributed by atoms with Crippen molar-refractivity contribution in [3.05, 3.63) is 35.9 Å². The molecule has 0 spiro atoms. The van der Waals surface area contributed by atoms with Crippen molar-refractivity contribution < 1.29 is 9.53 Å². The standard InChI is InChI=1S/C16H24N2O2/c1-2-6-16(19)17-13-15(14-7-4-3-5-8-14)18-9-11-20-12-10-18/h3-5,7-8,15H,2,6,9-13H2,1H3,(H,17,19). The number of hydrogen-bond donors (Lipinski definition) is 1. The van der Waals surface area contributed by atoms with E-state index in [0.29, 0.717) is 13.0 Å². The lowest BCUT2D eigenvalue weighted by Gasteiger charge is -2.35. The van der Waals surface area contributed by atoms with Gasteiger partial charge in [0.05, 0.1) is 19.3 Å². The SMILES string of the molecule is CCCC(=O)NCC(c1ccccc1)N1CCOCC1. The van der Waals surface area contributed by atoms with E-state index in [9.17, 15) is 4.79 Å². The molecule has 0 saturated carbocycles. The monoisotopic (exact) mass is 276 g/mol. The van der Waals surface area contributed by atoms with Crippen LogP contribution in [-0.2, 0) is 9.53 Å². The van der Waals surface area contributed by atoms with Crippen molar-refractivity contribution >= 4 is 5.91 Å². The molecular formula is C16H24N2O2. The predicted molar refractivity (Wildman–Crippen MR) is 79.5 cm³/mol. The molecule has 1 saturated heterocycles. The van der Waals surface area contributed by atoms with E-state index in [1.807, 2.05) is 13.0 Å². The molecule has 1 unspecified atom stereocenters. The van der Waals surface area contributed by atoms with E-state index in [2.05, 4.69) is 34.5 Å². The molecular weight excluding hydrogens is 252 g/mol. The molecule has 2 rings (SSSR count). The Hall–Kier alpha value is -1.39. The highest BCUT2D eigenvalue weighted by Gasteiger charge is 2.22. The summed E-state index contributed by atoms with van der Waals surface area (Å²) in [6, 6.07) is 10.6. The van der Waals surface area contributed by atoms with Crippen LogP contribution in [0.25, 0.3) is 0 Å². The van der Waals surface area contributed by atoms with Gasteiger partial charge in [0.2, 0.25) is 5.91 Å². The Bertz CT molecular complexity index is 402. The average Bonchev–Trinajstić information content (AvgIpc) is 2.50. The third-order valence-electron chi connectivity index (χ3n) is 3.64. The maximum Gasteiger partial charge on any atom is 0.220 e. The van der Waals surface area contributed by atoms with E-state index in [0.717, 1.165) is 32.7 Å². The highest BCUT2D eigenvalue weighted by atomic mass is 16.5. The first-order valence-corrected chi connectivity index (χ1v) is 7.44. The lowest BCUT2D eigenvalue weighted by molar-refractivity contribution is -0.121.